The zero-order valence-corrected chi connectivity index (χ0v) is 24.6. The lowest BCUT2D eigenvalue weighted by molar-refractivity contribution is -0.140. The van der Waals surface area contributed by atoms with Crippen LogP contribution in [-0.4, -0.2) is 98.6 Å². The lowest BCUT2D eigenvalue weighted by atomic mass is 10.1. The van der Waals surface area contributed by atoms with Crippen LogP contribution in [0.5, 0.6) is 0 Å². The number of carboxylic acids is 5. The minimum Gasteiger partial charge on any atom is -0.480 e. The SMILES string of the molecule is CC(C)C(N)C(=O)O.CC(C)C(N)C(=O)O.CC(C)C(N)C(=O)O.N=C(N)NCCCC(N)C(=O)O.NCC(=O)O. The largest absolute Gasteiger partial charge is 0.480 e. The molecule has 0 aliphatic rings. The van der Waals surface area contributed by atoms with E-state index in [1.165, 1.54) is 0 Å². The van der Waals surface area contributed by atoms with E-state index in [9.17, 15) is 24.0 Å². The molecule has 0 spiro atoms. The van der Waals surface area contributed by atoms with Crippen molar-refractivity contribution in [1.29, 1.82) is 5.41 Å². The Balaban J connectivity index is -0.000000135. The fourth-order valence-electron chi connectivity index (χ4n) is 1.52. The van der Waals surface area contributed by atoms with E-state index in [2.05, 4.69) is 11.1 Å². The van der Waals surface area contributed by atoms with Crippen molar-refractivity contribution in [1.82, 2.24) is 5.32 Å². The number of nitrogens with one attached hydrogen (secondary N) is 2. The Hall–Kier alpha value is -3.58. The van der Waals surface area contributed by atoms with E-state index in [0.29, 0.717) is 19.4 Å². The molecular weight excluding hydrogens is 548 g/mol. The monoisotopic (exact) mass is 600 g/mol. The molecule has 0 amide bonds. The summed E-state index contributed by atoms with van der Waals surface area (Å²) in [5, 5.41) is 50.0. The Morgan fingerprint density at radius 2 is 0.927 bits per heavy atom. The zero-order valence-electron chi connectivity index (χ0n) is 24.6. The van der Waals surface area contributed by atoms with Gasteiger partial charge in [-0.2, -0.15) is 0 Å². The number of hydrogen-bond acceptors (Lipinski definition) is 11. The van der Waals surface area contributed by atoms with Crippen LogP contribution in [0.15, 0.2) is 0 Å². The summed E-state index contributed by atoms with van der Waals surface area (Å²) in [7, 11) is 0. The van der Waals surface area contributed by atoms with Gasteiger partial charge in [0.2, 0.25) is 0 Å². The molecule has 0 radical (unpaired) electrons. The first kappa shape index (κ1) is 47.2. The number of guanidine groups is 1. The van der Waals surface area contributed by atoms with E-state index in [1.807, 2.05) is 0 Å². The molecule has 0 aliphatic carbocycles. The summed E-state index contributed by atoms with van der Waals surface area (Å²) >= 11 is 0. The molecule has 4 unspecified atom stereocenters. The highest BCUT2D eigenvalue weighted by atomic mass is 16.4. The highest BCUT2D eigenvalue weighted by molar-refractivity contribution is 5.75. The smallest absolute Gasteiger partial charge is 0.320 e. The van der Waals surface area contributed by atoms with Gasteiger partial charge in [0.15, 0.2) is 5.96 Å². The van der Waals surface area contributed by atoms with Crippen LogP contribution in [0.25, 0.3) is 0 Å². The van der Waals surface area contributed by atoms with Crippen molar-refractivity contribution >= 4 is 35.8 Å². The molecule has 0 saturated carbocycles. The predicted molar refractivity (Wildman–Crippen MR) is 153 cm³/mol. The first-order valence-corrected chi connectivity index (χ1v) is 12.4. The third kappa shape index (κ3) is 38.6. The fraction of sp³-hybridized carbons (Fsp3) is 0.739. The molecule has 0 aromatic carbocycles. The van der Waals surface area contributed by atoms with E-state index in [1.54, 1.807) is 41.5 Å². The average molecular weight is 601 g/mol. The molecule has 244 valence electrons. The summed E-state index contributed by atoms with van der Waals surface area (Å²) < 4.78 is 0. The standard InChI is InChI=1S/C6H14N4O2.3C5H11NO2.C2H5NO2/c7-4(5(11)12)2-1-3-10-6(8)9;3*1-3(2)4(6)5(7)8;3-1-2(4)5/h4H,1-3,7H2,(H,11,12)(H4,8,9,10);3*3-4H,6H2,1-2H3,(H,7,8);1,3H2,(H,4,5). The van der Waals surface area contributed by atoms with Gasteiger partial charge < -0.3 is 65.3 Å². The highest BCUT2D eigenvalue weighted by Crippen LogP contribution is 1.97. The van der Waals surface area contributed by atoms with E-state index in [0.717, 1.165) is 0 Å². The molecule has 18 nitrogen and oxygen atoms in total. The minimum absolute atomic E-state index is 0.0208. The van der Waals surface area contributed by atoms with Gasteiger partial charge in [-0.3, -0.25) is 29.4 Å². The van der Waals surface area contributed by atoms with Gasteiger partial charge >= 0.3 is 29.8 Å². The molecule has 0 aliphatic heterocycles. The van der Waals surface area contributed by atoms with Crippen LogP contribution in [0, 0.1) is 23.2 Å². The van der Waals surface area contributed by atoms with Gasteiger partial charge in [0.25, 0.3) is 0 Å². The van der Waals surface area contributed by atoms with Gasteiger partial charge in [0.05, 0.1) is 6.54 Å². The second kappa shape index (κ2) is 28.0. The highest BCUT2D eigenvalue weighted by Gasteiger charge is 2.15. The molecule has 0 aromatic rings. The van der Waals surface area contributed by atoms with Crippen molar-refractivity contribution in [2.45, 2.75) is 78.6 Å². The summed E-state index contributed by atoms with van der Waals surface area (Å²) in [6, 6.07) is -2.96. The lowest BCUT2D eigenvalue weighted by Crippen LogP contribution is -2.34. The number of nitrogens with two attached hydrogens (primary N) is 6. The summed E-state index contributed by atoms with van der Waals surface area (Å²) in [6.07, 6.45) is 0.975. The number of aliphatic carboxylic acids is 5. The van der Waals surface area contributed by atoms with Gasteiger partial charge in [0, 0.05) is 6.54 Å². The van der Waals surface area contributed by atoms with Gasteiger partial charge in [-0.05, 0) is 30.6 Å². The molecule has 19 N–H and O–H groups in total. The molecule has 0 bridgehead atoms. The summed E-state index contributed by atoms with van der Waals surface area (Å²) in [6.45, 7) is 10.9. The van der Waals surface area contributed by atoms with E-state index < -0.39 is 54.0 Å². The normalized spacial score (nSPS) is 12.6. The van der Waals surface area contributed by atoms with E-state index in [-0.39, 0.29) is 30.3 Å². The summed E-state index contributed by atoms with van der Waals surface area (Å²) in [5.41, 5.74) is 30.3. The Labute approximate surface area is 240 Å². The number of carbonyl (C=O) groups is 5. The topological polar surface area (TPSA) is 378 Å². The van der Waals surface area contributed by atoms with E-state index in [4.69, 9.17) is 59.6 Å². The quantitative estimate of drug-likeness (QED) is 0.0644. The Morgan fingerprint density at radius 1 is 0.659 bits per heavy atom. The molecular formula is C23H52N8O10. The van der Waals surface area contributed by atoms with Crippen molar-refractivity contribution < 1.29 is 49.5 Å². The predicted octanol–water partition coefficient (Wildman–Crippen LogP) is -2.15. The van der Waals surface area contributed by atoms with Crippen molar-refractivity contribution in [2.24, 2.45) is 52.2 Å². The van der Waals surface area contributed by atoms with Crippen LogP contribution in [0.2, 0.25) is 0 Å². The first-order valence-electron chi connectivity index (χ1n) is 12.4. The molecule has 0 saturated heterocycles. The number of rotatable bonds is 12. The second-order valence-corrected chi connectivity index (χ2v) is 9.35. The fourth-order valence-corrected chi connectivity index (χ4v) is 1.52. The average Bonchev–Trinajstić information content (AvgIpc) is 2.85. The minimum atomic E-state index is -1.00. The molecule has 0 fully saturated rings. The molecule has 41 heavy (non-hydrogen) atoms. The maximum Gasteiger partial charge on any atom is 0.320 e. The number of carboxylic acid groups (broad SMARTS) is 5. The third-order valence-electron chi connectivity index (χ3n) is 4.51. The third-order valence-corrected chi connectivity index (χ3v) is 4.51. The molecule has 18 heteroatoms. The van der Waals surface area contributed by atoms with E-state index >= 15 is 0 Å². The van der Waals surface area contributed by atoms with Gasteiger partial charge in [-0.25, -0.2) is 0 Å². The van der Waals surface area contributed by atoms with Crippen LogP contribution in [0.3, 0.4) is 0 Å². The zero-order chi connectivity index (χ0) is 34.0. The second-order valence-electron chi connectivity index (χ2n) is 9.35. The van der Waals surface area contributed by atoms with Crippen LogP contribution < -0.4 is 39.7 Å². The van der Waals surface area contributed by atoms with Crippen molar-refractivity contribution in [3.8, 4) is 0 Å². The van der Waals surface area contributed by atoms with Crippen LogP contribution in [-0.2, 0) is 24.0 Å². The maximum atomic E-state index is 10.2. The van der Waals surface area contributed by atoms with Crippen LogP contribution in [0.4, 0.5) is 0 Å². The van der Waals surface area contributed by atoms with Gasteiger partial charge in [-0.15, -0.1) is 0 Å². The Kier molecular flexibility index (Phi) is 32.2. The Bertz CT molecular complexity index is 710. The molecule has 0 heterocycles. The maximum absolute atomic E-state index is 10.2. The van der Waals surface area contributed by atoms with Crippen LogP contribution in [0.1, 0.15) is 54.4 Å². The van der Waals surface area contributed by atoms with Gasteiger partial charge in [0.1, 0.15) is 24.2 Å². The van der Waals surface area contributed by atoms with Crippen molar-refractivity contribution in [3.63, 3.8) is 0 Å². The molecule has 0 aromatic heterocycles. The lowest BCUT2D eigenvalue weighted by Gasteiger charge is -2.07. The Morgan fingerprint density at radius 3 is 1.05 bits per heavy atom. The van der Waals surface area contributed by atoms with Crippen LogP contribution >= 0.6 is 0 Å². The molecule has 0 rings (SSSR count). The number of hydrogen-bond donors (Lipinski definition) is 13. The first-order chi connectivity index (χ1) is 18.5. The summed E-state index contributed by atoms with van der Waals surface area (Å²) in [5.74, 6) is -4.81. The summed E-state index contributed by atoms with van der Waals surface area (Å²) in [4.78, 5) is 49.5. The van der Waals surface area contributed by atoms with Gasteiger partial charge in [-0.1, -0.05) is 41.5 Å². The van der Waals surface area contributed by atoms with Crippen molar-refractivity contribution in [3.05, 3.63) is 0 Å². The van der Waals surface area contributed by atoms with Crippen molar-refractivity contribution in [2.75, 3.05) is 13.1 Å². The molecule has 4 atom stereocenters.